The minimum absolute atomic E-state index is 0.364. The highest BCUT2D eigenvalue weighted by atomic mass is 19.1. The maximum atomic E-state index is 12.7. The molecule has 3 nitrogen and oxygen atoms in total. The molecule has 0 spiro atoms. The summed E-state index contributed by atoms with van der Waals surface area (Å²) in [6.45, 7) is 0. The highest BCUT2D eigenvalue weighted by molar-refractivity contribution is 5.76. The van der Waals surface area contributed by atoms with Crippen molar-refractivity contribution in [3.05, 3.63) is 65.1 Å². The molecule has 0 unspecified atom stereocenters. The third-order valence-electron chi connectivity index (χ3n) is 2.46. The van der Waals surface area contributed by atoms with Crippen LogP contribution in [0.25, 0.3) is 0 Å². The number of hydrogen-bond acceptors (Lipinski definition) is 2. The molecular formula is C14H12FNO2. The van der Waals surface area contributed by atoms with Gasteiger partial charge in [-0.15, -0.1) is 0 Å². The number of nitrogens with zero attached hydrogens (tertiary/aromatic N) is 1. The van der Waals surface area contributed by atoms with Crippen LogP contribution < -0.4 is 4.74 Å². The molecule has 0 aromatic heterocycles. The number of benzene rings is 2. The first-order valence-corrected chi connectivity index (χ1v) is 5.40. The van der Waals surface area contributed by atoms with E-state index in [2.05, 4.69) is 0 Å². The van der Waals surface area contributed by atoms with Crippen molar-refractivity contribution in [3.63, 3.8) is 0 Å². The van der Waals surface area contributed by atoms with Gasteiger partial charge in [-0.2, -0.15) is 4.74 Å². The fourth-order valence-electron chi connectivity index (χ4n) is 1.49. The van der Waals surface area contributed by atoms with E-state index in [1.807, 2.05) is 0 Å². The lowest BCUT2D eigenvalue weighted by Gasteiger charge is -2.03. The fraction of sp³-hybridized carbons (Fsp3) is 0.0714. The lowest BCUT2D eigenvalue weighted by Crippen LogP contribution is -1.98. The average molecular weight is 245 g/mol. The monoisotopic (exact) mass is 245 g/mol. The maximum Gasteiger partial charge on any atom is 0.216 e. The molecule has 0 saturated heterocycles. The van der Waals surface area contributed by atoms with E-state index in [-0.39, 0.29) is 5.82 Å². The molecule has 0 aliphatic carbocycles. The summed E-state index contributed by atoms with van der Waals surface area (Å²) < 4.78 is 18.4. The van der Waals surface area contributed by atoms with Crippen LogP contribution >= 0.6 is 0 Å². The smallest absolute Gasteiger partial charge is 0.216 e. The number of halogens is 1. The molecule has 2 rings (SSSR count). The molecule has 2 aromatic rings. The predicted octanol–water partition coefficient (Wildman–Crippen LogP) is 3.10. The van der Waals surface area contributed by atoms with Crippen LogP contribution in [0.4, 0.5) is 10.1 Å². The van der Waals surface area contributed by atoms with Gasteiger partial charge < -0.3 is 9.94 Å². The molecule has 0 aliphatic heterocycles. The van der Waals surface area contributed by atoms with Gasteiger partial charge in [0.05, 0.1) is 7.11 Å². The second-order valence-electron chi connectivity index (χ2n) is 3.70. The van der Waals surface area contributed by atoms with Crippen molar-refractivity contribution in [1.82, 2.24) is 0 Å². The summed E-state index contributed by atoms with van der Waals surface area (Å²) in [5.41, 5.74) is 1.13. The van der Waals surface area contributed by atoms with Crippen LogP contribution in [0.3, 0.4) is 0 Å². The molecule has 0 heterocycles. The van der Waals surface area contributed by atoms with Gasteiger partial charge in [0, 0.05) is 17.7 Å². The van der Waals surface area contributed by atoms with Crippen LogP contribution in [0.15, 0.2) is 48.5 Å². The van der Waals surface area contributed by atoms with Gasteiger partial charge in [0.25, 0.3) is 0 Å². The number of methoxy groups -OCH3 is 1. The van der Waals surface area contributed by atoms with Crippen molar-refractivity contribution in [1.29, 1.82) is 0 Å². The second-order valence-corrected chi connectivity index (χ2v) is 3.70. The Balaban J connectivity index is 2.23. The van der Waals surface area contributed by atoms with Crippen LogP contribution in [-0.4, -0.2) is 18.1 Å². The Bertz CT molecular complexity index is 547. The van der Waals surface area contributed by atoms with E-state index in [1.165, 1.54) is 30.5 Å². The molecule has 0 amide bonds. The number of ether oxygens (including phenoxy) is 1. The first kappa shape index (κ1) is 12.1. The Kier molecular flexibility index (Phi) is 3.57. The molecular weight excluding hydrogens is 233 g/mol. The molecule has 0 saturated carbocycles. The summed E-state index contributed by atoms with van der Waals surface area (Å²) >= 11 is 0. The lowest BCUT2D eigenvalue weighted by molar-refractivity contribution is -0.354. The van der Waals surface area contributed by atoms with E-state index in [1.54, 1.807) is 31.4 Å². The summed E-state index contributed by atoms with van der Waals surface area (Å²) in [5, 5.41) is 11.8. The fourth-order valence-corrected chi connectivity index (χ4v) is 1.49. The van der Waals surface area contributed by atoms with Gasteiger partial charge in [-0.3, -0.25) is 0 Å². The Hall–Kier alpha value is -2.36. The van der Waals surface area contributed by atoms with Crippen molar-refractivity contribution >= 4 is 11.9 Å². The largest absolute Gasteiger partial charge is 0.618 e. The molecule has 0 aliphatic rings. The molecule has 0 bridgehead atoms. The maximum absolute atomic E-state index is 12.7. The van der Waals surface area contributed by atoms with Gasteiger partial charge in [0.15, 0.2) is 6.21 Å². The van der Waals surface area contributed by atoms with Crippen LogP contribution in [0.2, 0.25) is 0 Å². The summed E-state index contributed by atoms with van der Waals surface area (Å²) in [6.07, 6.45) is 1.42. The number of hydrogen-bond donors (Lipinski definition) is 0. The van der Waals surface area contributed by atoms with Crippen molar-refractivity contribution in [2.45, 2.75) is 0 Å². The van der Waals surface area contributed by atoms with E-state index in [0.717, 1.165) is 11.3 Å². The molecule has 0 radical (unpaired) electrons. The molecule has 0 N–H and O–H groups in total. The zero-order valence-electron chi connectivity index (χ0n) is 9.84. The van der Waals surface area contributed by atoms with Crippen LogP contribution in [-0.2, 0) is 0 Å². The first-order valence-electron chi connectivity index (χ1n) is 5.40. The normalized spacial score (nSPS) is 11.3. The molecule has 0 fully saturated rings. The van der Waals surface area contributed by atoms with Crippen molar-refractivity contribution in [2.24, 2.45) is 0 Å². The molecule has 18 heavy (non-hydrogen) atoms. The third-order valence-corrected chi connectivity index (χ3v) is 2.46. The quantitative estimate of drug-likeness (QED) is 0.360. The van der Waals surface area contributed by atoms with E-state index in [0.29, 0.717) is 10.4 Å². The molecule has 2 aromatic carbocycles. The SMILES string of the molecule is COc1ccc(C=[N+]([O-])c2ccc(F)cc2)cc1. The van der Waals surface area contributed by atoms with Crippen LogP contribution in [0, 0.1) is 11.0 Å². The molecule has 92 valence electrons. The Morgan fingerprint density at radius 3 is 2.22 bits per heavy atom. The van der Waals surface area contributed by atoms with E-state index in [4.69, 9.17) is 4.74 Å². The standard InChI is InChI=1S/C14H12FNO2/c1-18-14-8-2-11(3-9-14)10-16(17)13-6-4-12(15)5-7-13/h2-10H,1H3. The highest BCUT2D eigenvalue weighted by Gasteiger charge is 2.02. The minimum atomic E-state index is -0.364. The van der Waals surface area contributed by atoms with Gasteiger partial charge in [0.1, 0.15) is 11.6 Å². The van der Waals surface area contributed by atoms with Crippen LogP contribution in [0.1, 0.15) is 5.56 Å². The second kappa shape index (κ2) is 5.31. The lowest BCUT2D eigenvalue weighted by atomic mass is 10.2. The van der Waals surface area contributed by atoms with E-state index in [9.17, 15) is 9.60 Å². The minimum Gasteiger partial charge on any atom is -0.618 e. The van der Waals surface area contributed by atoms with Crippen molar-refractivity contribution in [2.75, 3.05) is 7.11 Å². The molecule has 4 heteroatoms. The van der Waals surface area contributed by atoms with Crippen LogP contribution in [0.5, 0.6) is 5.75 Å². The van der Waals surface area contributed by atoms with Gasteiger partial charge in [-0.1, -0.05) is 0 Å². The Morgan fingerprint density at radius 1 is 1.06 bits per heavy atom. The van der Waals surface area contributed by atoms with Gasteiger partial charge in [-0.05, 0) is 36.4 Å². The third kappa shape index (κ3) is 2.85. The summed E-state index contributed by atoms with van der Waals surface area (Å²) in [6, 6.07) is 12.4. The Labute approximate surface area is 104 Å². The predicted molar refractivity (Wildman–Crippen MR) is 67.8 cm³/mol. The first-order chi connectivity index (χ1) is 8.69. The zero-order valence-corrected chi connectivity index (χ0v) is 9.84. The van der Waals surface area contributed by atoms with Gasteiger partial charge in [-0.25, -0.2) is 4.39 Å². The highest BCUT2D eigenvalue weighted by Crippen LogP contribution is 2.13. The van der Waals surface area contributed by atoms with Crippen molar-refractivity contribution < 1.29 is 13.9 Å². The van der Waals surface area contributed by atoms with Gasteiger partial charge >= 0.3 is 0 Å². The summed E-state index contributed by atoms with van der Waals surface area (Å²) in [7, 11) is 1.58. The van der Waals surface area contributed by atoms with E-state index < -0.39 is 0 Å². The zero-order chi connectivity index (χ0) is 13.0. The van der Waals surface area contributed by atoms with Crippen molar-refractivity contribution in [3.8, 4) is 5.75 Å². The van der Waals surface area contributed by atoms with Gasteiger partial charge in [0.2, 0.25) is 5.69 Å². The summed E-state index contributed by atoms with van der Waals surface area (Å²) in [5.74, 6) is 0.364. The topological polar surface area (TPSA) is 35.3 Å². The van der Waals surface area contributed by atoms with E-state index >= 15 is 0 Å². The summed E-state index contributed by atoms with van der Waals surface area (Å²) in [4.78, 5) is 0. The number of rotatable bonds is 3. The average Bonchev–Trinajstić information content (AvgIpc) is 2.40. The Morgan fingerprint density at radius 2 is 1.67 bits per heavy atom. The molecule has 0 atom stereocenters.